The Balaban J connectivity index is 1.69. The maximum Gasteiger partial charge on any atom is 0.346 e. The molecule has 0 aliphatic rings. The smallest absolute Gasteiger partial charge is 0.346 e. The van der Waals surface area contributed by atoms with Crippen LogP contribution in [0.15, 0.2) is 59.2 Å². The van der Waals surface area contributed by atoms with Gasteiger partial charge in [-0.25, -0.2) is 9.59 Å². The molecular weight excluding hydrogens is 372 g/mol. The van der Waals surface area contributed by atoms with E-state index in [1.165, 1.54) is 0 Å². The molecule has 24 heavy (non-hydrogen) atoms. The van der Waals surface area contributed by atoms with Crippen molar-refractivity contribution in [3.63, 3.8) is 0 Å². The monoisotopic (exact) mass is 386 g/mol. The summed E-state index contributed by atoms with van der Waals surface area (Å²) in [5.41, 5.74) is 8.07. The van der Waals surface area contributed by atoms with E-state index in [4.69, 9.17) is 10.5 Å². The van der Waals surface area contributed by atoms with E-state index in [0.717, 1.165) is 16.5 Å². The Morgan fingerprint density at radius 1 is 1.12 bits per heavy atom. The SMILES string of the molecule is N[C@@H](Cc1c[nH]c2ccccc12)C(=O)OC(=O)c1ccccc1Br. The van der Waals surface area contributed by atoms with Gasteiger partial charge in [0, 0.05) is 28.0 Å². The number of carbonyl (C=O) groups is 2. The van der Waals surface area contributed by atoms with Crippen LogP contribution >= 0.6 is 15.9 Å². The average Bonchev–Trinajstić information content (AvgIpc) is 2.98. The number of esters is 2. The highest BCUT2D eigenvalue weighted by molar-refractivity contribution is 9.10. The minimum atomic E-state index is -0.921. The molecule has 1 atom stereocenters. The fourth-order valence-corrected chi connectivity index (χ4v) is 2.92. The number of aromatic amines is 1. The molecule has 0 fully saturated rings. The summed E-state index contributed by atoms with van der Waals surface area (Å²) in [6.45, 7) is 0. The van der Waals surface area contributed by atoms with Crippen molar-refractivity contribution in [1.82, 2.24) is 4.98 Å². The topological polar surface area (TPSA) is 85.2 Å². The van der Waals surface area contributed by atoms with Crippen LogP contribution in [-0.4, -0.2) is 23.0 Å². The van der Waals surface area contributed by atoms with Crippen LogP contribution in [0.3, 0.4) is 0 Å². The van der Waals surface area contributed by atoms with E-state index in [1.807, 2.05) is 30.5 Å². The Hall–Kier alpha value is -2.44. The highest BCUT2D eigenvalue weighted by Crippen LogP contribution is 2.20. The third-order valence-electron chi connectivity index (χ3n) is 3.70. The lowest BCUT2D eigenvalue weighted by atomic mass is 10.1. The second-order valence-electron chi connectivity index (χ2n) is 5.36. The van der Waals surface area contributed by atoms with Crippen molar-refractivity contribution < 1.29 is 14.3 Å². The number of nitrogens with one attached hydrogen (secondary N) is 1. The summed E-state index contributed by atoms with van der Waals surface area (Å²) in [6, 6.07) is 13.6. The van der Waals surface area contributed by atoms with Crippen molar-refractivity contribution in [3.05, 3.63) is 70.3 Å². The molecule has 0 spiro atoms. The molecule has 0 amide bonds. The van der Waals surface area contributed by atoms with E-state index in [0.29, 0.717) is 4.47 Å². The molecule has 0 aliphatic carbocycles. The number of benzene rings is 2. The maximum absolute atomic E-state index is 12.1. The fourth-order valence-electron chi connectivity index (χ4n) is 2.47. The van der Waals surface area contributed by atoms with Gasteiger partial charge in [0.25, 0.3) is 0 Å². The molecule has 3 N–H and O–H groups in total. The molecule has 3 aromatic rings. The van der Waals surface area contributed by atoms with Crippen LogP contribution < -0.4 is 5.73 Å². The predicted octanol–water partition coefficient (Wildman–Crippen LogP) is 3.18. The summed E-state index contributed by atoms with van der Waals surface area (Å²) in [5.74, 6) is -1.47. The normalized spacial score (nSPS) is 12.1. The minimum absolute atomic E-state index is 0.283. The second-order valence-corrected chi connectivity index (χ2v) is 6.21. The molecule has 0 unspecified atom stereocenters. The molecule has 1 aromatic heterocycles. The van der Waals surface area contributed by atoms with Crippen LogP contribution in [0.5, 0.6) is 0 Å². The van der Waals surface area contributed by atoms with E-state index in [-0.39, 0.29) is 12.0 Å². The molecule has 122 valence electrons. The molecule has 0 bridgehead atoms. The molecule has 1 heterocycles. The van der Waals surface area contributed by atoms with Gasteiger partial charge in [-0.05, 0) is 39.7 Å². The zero-order valence-electron chi connectivity index (χ0n) is 12.7. The van der Waals surface area contributed by atoms with Crippen molar-refractivity contribution in [1.29, 1.82) is 0 Å². The lowest BCUT2D eigenvalue weighted by molar-refractivity contribution is -0.139. The van der Waals surface area contributed by atoms with E-state index in [1.54, 1.807) is 24.3 Å². The predicted molar refractivity (Wildman–Crippen MR) is 94.5 cm³/mol. The van der Waals surface area contributed by atoms with Gasteiger partial charge < -0.3 is 15.5 Å². The van der Waals surface area contributed by atoms with E-state index >= 15 is 0 Å². The van der Waals surface area contributed by atoms with Crippen LogP contribution in [0.4, 0.5) is 0 Å². The molecule has 0 saturated carbocycles. The molecule has 5 nitrogen and oxygen atoms in total. The molecule has 6 heteroatoms. The van der Waals surface area contributed by atoms with Crippen LogP contribution in [-0.2, 0) is 16.0 Å². The fraction of sp³-hybridized carbons (Fsp3) is 0.111. The number of fused-ring (bicyclic) bond motifs is 1. The van der Waals surface area contributed by atoms with Crippen LogP contribution in [0, 0.1) is 0 Å². The average molecular weight is 387 g/mol. The summed E-state index contributed by atoms with van der Waals surface area (Å²) in [4.78, 5) is 27.3. The third-order valence-corrected chi connectivity index (χ3v) is 4.40. The Morgan fingerprint density at radius 2 is 1.83 bits per heavy atom. The van der Waals surface area contributed by atoms with Gasteiger partial charge >= 0.3 is 11.9 Å². The van der Waals surface area contributed by atoms with E-state index in [9.17, 15) is 9.59 Å². The van der Waals surface area contributed by atoms with Crippen molar-refractivity contribution in [2.24, 2.45) is 5.73 Å². The highest BCUT2D eigenvalue weighted by Gasteiger charge is 2.22. The number of hydrogen-bond donors (Lipinski definition) is 2. The minimum Gasteiger partial charge on any atom is -0.388 e. The Kier molecular flexibility index (Phi) is 4.78. The van der Waals surface area contributed by atoms with Crippen molar-refractivity contribution >= 4 is 38.8 Å². The first-order chi connectivity index (χ1) is 11.6. The molecule has 2 aromatic carbocycles. The van der Waals surface area contributed by atoms with E-state index < -0.39 is 18.0 Å². The van der Waals surface area contributed by atoms with Gasteiger partial charge in [-0.1, -0.05) is 30.3 Å². The molecule has 0 saturated heterocycles. The van der Waals surface area contributed by atoms with Gasteiger partial charge in [0.05, 0.1) is 5.56 Å². The first-order valence-electron chi connectivity index (χ1n) is 7.37. The number of nitrogens with two attached hydrogens (primary N) is 1. The number of rotatable bonds is 4. The summed E-state index contributed by atoms with van der Waals surface area (Å²) in [7, 11) is 0. The van der Waals surface area contributed by atoms with Gasteiger partial charge in [0.2, 0.25) is 0 Å². The Labute approximate surface area is 146 Å². The molecule has 0 radical (unpaired) electrons. The number of ether oxygens (including phenoxy) is 1. The molecule has 3 rings (SSSR count). The Bertz CT molecular complexity index is 904. The molecular formula is C18H15BrN2O3. The number of aromatic nitrogens is 1. The summed E-state index contributed by atoms with van der Waals surface area (Å²) < 4.78 is 5.46. The van der Waals surface area contributed by atoms with Gasteiger partial charge in [0.15, 0.2) is 0 Å². The van der Waals surface area contributed by atoms with Crippen molar-refractivity contribution in [2.75, 3.05) is 0 Å². The quantitative estimate of drug-likeness (QED) is 0.532. The standard InChI is InChI=1S/C18H15BrN2O3/c19-14-7-3-1-6-13(14)17(22)24-18(23)15(20)9-11-10-21-16-8-4-2-5-12(11)16/h1-8,10,15,21H,9,20H2/t15-/m0/s1. The Morgan fingerprint density at radius 3 is 2.62 bits per heavy atom. The number of H-pyrrole nitrogens is 1. The van der Waals surface area contributed by atoms with Gasteiger partial charge in [0.1, 0.15) is 6.04 Å². The largest absolute Gasteiger partial charge is 0.388 e. The second kappa shape index (κ2) is 6.98. The first kappa shape index (κ1) is 16.4. The summed E-state index contributed by atoms with van der Waals surface area (Å²) >= 11 is 3.25. The van der Waals surface area contributed by atoms with Crippen molar-refractivity contribution in [2.45, 2.75) is 12.5 Å². The van der Waals surface area contributed by atoms with Crippen LogP contribution in [0.1, 0.15) is 15.9 Å². The first-order valence-corrected chi connectivity index (χ1v) is 8.16. The summed E-state index contributed by atoms with van der Waals surface area (Å²) in [5, 5.41) is 0.998. The number of halogens is 1. The van der Waals surface area contributed by atoms with Gasteiger partial charge in [-0.3, -0.25) is 0 Å². The lowest BCUT2D eigenvalue weighted by Crippen LogP contribution is -2.35. The zero-order valence-corrected chi connectivity index (χ0v) is 14.2. The zero-order chi connectivity index (χ0) is 17.1. The molecule has 0 aliphatic heterocycles. The number of carbonyl (C=O) groups excluding carboxylic acids is 2. The van der Waals surface area contributed by atoms with Gasteiger partial charge in [-0.15, -0.1) is 0 Å². The van der Waals surface area contributed by atoms with Crippen LogP contribution in [0.2, 0.25) is 0 Å². The highest BCUT2D eigenvalue weighted by atomic mass is 79.9. The third kappa shape index (κ3) is 3.39. The number of hydrogen-bond acceptors (Lipinski definition) is 4. The maximum atomic E-state index is 12.1. The lowest BCUT2D eigenvalue weighted by Gasteiger charge is -2.10. The van der Waals surface area contributed by atoms with Crippen molar-refractivity contribution in [3.8, 4) is 0 Å². The van der Waals surface area contributed by atoms with Gasteiger partial charge in [-0.2, -0.15) is 0 Å². The number of para-hydroxylation sites is 1. The van der Waals surface area contributed by atoms with Crippen LogP contribution in [0.25, 0.3) is 10.9 Å². The summed E-state index contributed by atoms with van der Waals surface area (Å²) in [6.07, 6.45) is 2.10. The van der Waals surface area contributed by atoms with E-state index in [2.05, 4.69) is 20.9 Å².